The van der Waals surface area contributed by atoms with Crippen LogP contribution >= 0.6 is 55.1 Å². The molecular weight excluding hydrogens is 423 g/mol. The van der Waals surface area contributed by atoms with E-state index >= 15 is 0 Å². The Kier molecular flexibility index (Phi) is 6.41. The zero-order valence-electron chi connectivity index (χ0n) is 10.8. The van der Waals surface area contributed by atoms with Crippen molar-refractivity contribution in [2.24, 2.45) is 5.92 Å². The molecule has 0 nitrogen and oxygen atoms in total. The zero-order chi connectivity index (χ0) is 14.5. The summed E-state index contributed by atoms with van der Waals surface area (Å²) < 4.78 is 1.16. The van der Waals surface area contributed by atoms with Crippen LogP contribution in [0.3, 0.4) is 0 Å². The van der Waals surface area contributed by atoms with Crippen molar-refractivity contribution >= 4 is 55.1 Å². The first-order valence-corrected chi connectivity index (χ1v) is 9.00. The molecule has 2 aromatic carbocycles. The van der Waals surface area contributed by atoms with Crippen molar-refractivity contribution in [3.63, 3.8) is 0 Å². The van der Waals surface area contributed by atoms with Gasteiger partial charge in [0.2, 0.25) is 0 Å². The molecule has 0 fully saturated rings. The van der Waals surface area contributed by atoms with Crippen LogP contribution in [0, 0.1) is 5.92 Å². The summed E-state index contributed by atoms with van der Waals surface area (Å²) in [5.41, 5.74) is 2.42. The van der Waals surface area contributed by atoms with E-state index in [0.717, 1.165) is 38.3 Å². The highest BCUT2D eigenvalue weighted by atomic mass is 79.9. The fourth-order valence-electron chi connectivity index (χ4n) is 2.17. The van der Waals surface area contributed by atoms with Gasteiger partial charge in [0.15, 0.2) is 0 Å². The topological polar surface area (TPSA) is 0 Å². The largest absolute Gasteiger partial charge is 0.0925 e. The molecule has 0 N–H and O–H groups in total. The molecule has 1 unspecified atom stereocenters. The third-order valence-corrected chi connectivity index (χ3v) is 5.49. The SMILES string of the molecule is Clc1ccc(Cl)c(CC(CBr)Cc2ccccc2Br)c1. The maximum atomic E-state index is 6.25. The minimum Gasteiger partial charge on any atom is -0.0925 e. The molecule has 0 aliphatic carbocycles. The van der Waals surface area contributed by atoms with Crippen LogP contribution in [0.25, 0.3) is 0 Å². The van der Waals surface area contributed by atoms with Crippen molar-refractivity contribution in [2.45, 2.75) is 12.8 Å². The van der Waals surface area contributed by atoms with Gasteiger partial charge in [-0.3, -0.25) is 0 Å². The molecule has 106 valence electrons. The molecule has 0 radical (unpaired) electrons. The van der Waals surface area contributed by atoms with Crippen molar-refractivity contribution in [2.75, 3.05) is 5.33 Å². The summed E-state index contributed by atoms with van der Waals surface area (Å²) in [7, 11) is 0. The fourth-order valence-corrected chi connectivity index (χ4v) is 3.46. The average Bonchev–Trinajstić information content (AvgIpc) is 2.44. The Hall–Kier alpha value is -0.0200. The lowest BCUT2D eigenvalue weighted by atomic mass is 9.94. The maximum Gasteiger partial charge on any atom is 0.0439 e. The Balaban J connectivity index is 2.13. The van der Waals surface area contributed by atoms with Crippen LogP contribution in [-0.2, 0) is 12.8 Å². The molecule has 4 heteroatoms. The van der Waals surface area contributed by atoms with Crippen LogP contribution < -0.4 is 0 Å². The van der Waals surface area contributed by atoms with Gasteiger partial charge in [-0.2, -0.15) is 0 Å². The summed E-state index contributed by atoms with van der Waals surface area (Å²) >= 11 is 19.5. The van der Waals surface area contributed by atoms with Gasteiger partial charge in [0.05, 0.1) is 0 Å². The Morgan fingerprint density at radius 3 is 2.35 bits per heavy atom. The summed E-state index contributed by atoms with van der Waals surface area (Å²) in [6, 6.07) is 14.0. The zero-order valence-corrected chi connectivity index (χ0v) is 15.4. The summed E-state index contributed by atoms with van der Waals surface area (Å²) in [5, 5.41) is 2.45. The van der Waals surface area contributed by atoms with Crippen molar-refractivity contribution in [1.82, 2.24) is 0 Å². The first-order chi connectivity index (χ1) is 9.60. The Labute approximate surface area is 146 Å². The summed E-state index contributed by atoms with van der Waals surface area (Å²) in [6.45, 7) is 0. The molecule has 0 saturated heterocycles. The van der Waals surface area contributed by atoms with E-state index in [1.165, 1.54) is 5.56 Å². The second kappa shape index (κ2) is 7.84. The fraction of sp³-hybridized carbons (Fsp3) is 0.250. The summed E-state index contributed by atoms with van der Waals surface area (Å²) in [5.74, 6) is 0.477. The molecule has 0 bridgehead atoms. The molecule has 0 aliphatic rings. The number of alkyl halides is 1. The van der Waals surface area contributed by atoms with Crippen molar-refractivity contribution in [3.8, 4) is 0 Å². The van der Waals surface area contributed by atoms with E-state index in [4.69, 9.17) is 23.2 Å². The molecule has 0 aromatic heterocycles. The predicted octanol–water partition coefficient (Wildman–Crippen LogP) is 6.55. The van der Waals surface area contributed by atoms with Gasteiger partial charge >= 0.3 is 0 Å². The van der Waals surface area contributed by atoms with Gasteiger partial charge in [-0.05, 0) is 54.2 Å². The first-order valence-electron chi connectivity index (χ1n) is 6.33. The summed E-state index contributed by atoms with van der Waals surface area (Å²) in [6.07, 6.45) is 1.90. The first kappa shape index (κ1) is 16.4. The van der Waals surface area contributed by atoms with E-state index in [1.807, 2.05) is 24.3 Å². The highest BCUT2D eigenvalue weighted by Crippen LogP contribution is 2.27. The molecule has 2 rings (SSSR count). The molecule has 0 amide bonds. The van der Waals surface area contributed by atoms with Crippen molar-refractivity contribution < 1.29 is 0 Å². The molecule has 20 heavy (non-hydrogen) atoms. The second-order valence-electron chi connectivity index (χ2n) is 4.76. The minimum absolute atomic E-state index is 0.477. The lowest BCUT2D eigenvalue weighted by molar-refractivity contribution is 0.590. The van der Waals surface area contributed by atoms with Gasteiger partial charge in [-0.15, -0.1) is 0 Å². The molecule has 0 heterocycles. The van der Waals surface area contributed by atoms with E-state index in [0.29, 0.717) is 5.92 Å². The highest BCUT2D eigenvalue weighted by Gasteiger charge is 2.13. The van der Waals surface area contributed by atoms with Crippen LogP contribution in [0.4, 0.5) is 0 Å². The van der Waals surface area contributed by atoms with Crippen LogP contribution in [0.5, 0.6) is 0 Å². The van der Waals surface area contributed by atoms with Gasteiger partial charge in [0.1, 0.15) is 0 Å². The van der Waals surface area contributed by atoms with Gasteiger partial charge in [-0.25, -0.2) is 0 Å². The third kappa shape index (κ3) is 4.49. The molecule has 1 atom stereocenters. The number of rotatable bonds is 5. The molecule has 2 aromatic rings. The average molecular weight is 437 g/mol. The predicted molar refractivity (Wildman–Crippen MR) is 95.3 cm³/mol. The number of benzene rings is 2. The van der Waals surface area contributed by atoms with Gasteiger partial charge in [0.25, 0.3) is 0 Å². The number of hydrogen-bond acceptors (Lipinski definition) is 0. The van der Waals surface area contributed by atoms with Crippen LogP contribution in [0.15, 0.2) is 46.9 Å². The molecule has 0 aliphatic heterocycles. The van der Waals surface area contributed by atoms with Crippen LogP contribution in [0.2, 0.25) is 10.0 Å². The van der Waals surface area contributed by atoms with Crippen LogP contribution in [0.1, 0.15) is 11.1 Å². The number of halogens is 4. The monoisotopic (exact) mass is 434 g/mol. The Morgan fingerprint density at radius 1 is 0.950 bits per heavy atom. The van der Waals surface area contributed by atoms with Crippen molar-refractivity contribution in [1.29, 1.82) is 0 Å². The normalized spacial score (nSPS) is 12.4. The van der Waals surface area contributed by atoms with E-state index in [2.05, 4.69) is 50.1 Å². The molecule has 0 spiro atoms. The third-order valence-electron chi connectivity index (χ3n) is 3.20. The maximum absolute atomic E-state index is 6.25. The Morgan fingerprint density at radius 2 is 1.65 bits per heavy atom. The van der Waals surface area contributed by atoms with E-state index in [1.54, 1.807) is 0 Å². The second-order valence-corrected chi connectivity index (χ2v) is 7.10. The quantitative estimate of drug-likeness (QED) is 0.466. The van der Waals surface area contributed by atoms with E-state index in [-0.39, 0.29) is 0 Å². The summed E-state index contributed by atoms with van der Waals surface area (Å²) in [4.78, 5) is 0. The van der Waals surface area contributed by atoms with Gasteiger partial charge < -0.3 is 0 Å². The smallest absolute Gasteiger partial charge is 0.0439 e. The van der Waals surface area contributed by atoms with E-state index in [9.17, 15) is 0 Å². The highest BCUT2D eigenvalue weighted by molar-refractivity contribution is 9.10. The number of hydrogen-bond donors (Lipinski definition) is 0. The Bertz CT molecular complexity index is 584. The van der Waals surface area contributed by atoms with Gasteiger partial charge in [-0.1, -0.05) is 73.3 Å². The van der Waals surface area contributed by atoms with Crippen molar-refractivity contribution in [3.05, 3.63) is 68.1 Å². The van der Waals surface area contributed by atoms with Crippen LogP contribution in [-0.4, -0.2) is 5.33 Å². The molecule has 0 saturated carbocycles. The standard InChI is InChI=1S/C16H14Br2Cl2/c17-10-11(7-12-3-1-2-4-15(12)18)8-13-9-14(19)5-6-16(13)20/h1-6,9,11H,7-8,10H2. The van der Waals surface area contributed by atoms with E-state index < -0.39 is 0 Å². The lowest BCUT2D eigenvalue weighted by Crippen LogP contribution is -2.10. The lowest BCUT2D eigenvalue weighted by Gasteiger charge is -2.16. The molecular formula is C16H14Br2Cl2. The van der Waals surface area contributed by atoms with Gasteiger partial charge in [0, 0.05) is 19.8 Å². The minimum atomic E-state index is 0.477.